The number of ketones is 1. The van der Waals surface area contributed by atoms with Gasteiger partial charge in [0.05, 0.1) is 23.3 Å². The number of likely N-dealkylation sites (N-methyl/N-ethyl adjacent to an activating group) is 1. The second kappa shape index (κ2) is 10.8. The smallest absolute Gasteiger partial charge is 0.214 e. The van der Waals surface area contributed by atoms with E-state index in [0.717, 1.165) is 57.5 Å². The summed E-state index contributed by atoms with van der Waals surface area (Å²) in [6.45, 7) is 11.2. The Morgan fingerprint density at radius 1 is 1.07 bits per heavy atom. The molecule has 0 unspecified atom stereocenters. The number of carbonyl (C=O) groups excluding carboxylic acids is 1. The number of benzene rings is 1. The molecule has 4 aromatic heterocycles. The molecule has 9 nitrogen and oxygen atoms in total. The van der Waals surface area contributed by atoms with Crippen LogP contribution in [0.5, 0.6) is 5.88 Å². The van der Waals surface area contributed by atoms with Crippen molar-refractivity contribution in [3.8, 4) is 17.1 Å². The highest BCUT2D eigenvalue weighted by Gasteiger charge is 2.50. The van der Waals surface area contributed by atoms with Crippen LogP contribution in [0.25, 0.3) is 26.6 Å². The lowest BCUT2D eigenvalue weighted by Crippen LogP contribution is -2.54. The van der Waals surface area contributed by atoms with Crippen molar-refractivity contribution < 1.29 is 14.1 Å². The number of nitrogens with zero attached hydrogens (tertiary/aromatic N) is 6. The molecule has 2 fully saturated rings. The molecule has 7 rings (SSSR count). The van der Waals surface area contributed by atoms with Gasteiger partial charge in [-0.25, -0.2) is 9.97 Å². The maximum Gasteiger partial charge on any atom is 0.214 e. The van der Waals surface area contributed by atoms with Gasteiger partial charge in [0.15, 0.2) is 4.96 Å². The Morgan fingerprint density at radius 2 is 1.88 bits per heavy atom. The zero-order chi connectivity index (χ0) is 29.8. The number of imidazole rings is 1. The maximum atomic E-state index is 12.7. The lowest BCUT2D eigenvalue weighted by Gasteiger charge is -2.40. The van der Waals surface area contributed by atoms with Crippen LogP contribution in [0.4, 0.5) is 0 Å². The molecule has 1 aliphatic carbocycles. The monoisotopic (exact) mass is 598 g/mol. The molecule has 0 amide bonds. The van der Waals surface area contributed by atoms with Gasteiger partial charge in [-0.05, 0) is 31.5 Å². The van der Waals surface area contributed by atoms with Gasteiger partial charge < -0.3 is 14.2 Å². The van der Waals surface area contributed by atoms with Crippen molar-refractivity contribution in [2.75, 3.05) is 39.8 Å². The van der Waals surface area contributed by atoms with Gasteiger partial charge >= 0.3 is 0 Å². The summed E-state index contributed by atoms with van der Waals surface area (Å²) < 4.78 is 13.6. The van der Waals surface area contributed by atoms with E-state index in [1.807, 2.05) is 36.4 Å². The number of pyridine rings is 1. The van der Waals surface area contributed by atoms with Crippen molar-refractivity contribution in [2.45, 2.75) is 57.4 Å². The predicted molar refractivity (Wildman–Crippen MR) is 168 cm³/mol. The number of aromatic nitrogens is 4. The summed E-state index contributed by atoms with van der Waals surface area (Å²) in [7, 11) is 2.22. The molecule has 1 aromatic carbocycles. The number of thiazole rings is 1. The second-order valence-corrected chi connectivity index (χ2v) is 14.1. The molecule has 2 aliphatic rings. The van der Waals surface area contributed by atoms with Gasteiger partial charge in [-0.1, -0.05) is 61.5 Å². The molecule has 0 N–H and O–H groups in total. The maximum absolute atomic E-state index is 12.7. The van der Waals surface area contributed by atoms with Gasteiger partial charge in [0.1, 0.15) is 23.0 Å². The van der Waals surface area contributed by atoms with E-state index in [4.69, 9.17) is 19.2 Å². The van der Waals surface area contributed by atoms with Crippen LogP contribution in [0.2, 0.25) is 0 Å². The Labute approximate surface area is 255 Å². The van der Waals surface area contributed by atoms with E-state index in [0.29, 0.717) is 30.1 Å². The van der Waals surface area contributed by atoms with E-state index in [2.05, 4.69) is 59.4 Å². The number of piperazine rings is 1. The molecule has 5 aromatic rings. The van der Waals surface area contributed by atoms with Crippen LogP contribution in [0.15, 0.2) is 53.2 Å². The average Bonchev–Trinajstić information content (AvgIpc) is 3.27. The molecule has 0 bridgehead atoms. The van der Waals surface area contributed by atoms with Crippen LogP contribution in [0.1, 0.15) is 50.6 Å². The summed E-state index contributed by atoms with van der Waals surface area (Å²) >= 11 is 1.56. The second-order valence-electron chi connectivity index (χ2n) is 13.2. The summed E-state index contributed by atoms with van der Waals surface area (Å²) in [5.41, 5.74) is 4.83. The van der Waals surface area contributed by atoms with Crippen LogP contribution in [-0.2, 0) is 23.1 Å². The largest absolute Gasteiger partial charge is 0.476 e. The van der Waals surface area contributed by atoms with Crippen molar-refractivity contribution in [2.24, 2.45) is 0 Å². The fourth-order valence-corrected chi connectivity index (χ4v) is 7.03. The molecular weight excluding hydrogens is 560 g/mol. The van der Waals surface area contributed by atoms with E-state index < -0.39 is 0 Å². The van der Waals surface area contributed by atoms with Crippen LogP contribution in [0, 0.1) is 0 Å². The first-order valence-corrected chi connectivity index (χ1v) is 15.9. The zero-order valence-electron chi connectivity index (χ0n) is 25.3. The van der Waals surface area contributed by atoms with Gasteiger partial charge in [-0.15, -0.1) is 0 Å². The van der Waals surface area contributed by atoms with Crippen molar-refractivity contribution in [1.82, 2.24) is 29.3 Å². The number of fused-ring (bicyclic) bond motifs is 3. The van der Waals surface area contributed by atoms with Crippen LogP contribution in [0.3, 0.4) is 0 Å². The summed E-state index contributed by atoms with van der Waals surface area (Å²) in [5, 5.41) is 4.08. The summed E-state index contributed by atoms with van der Waals surface area (Å²) in [6.07, 6.45) is 5.27. The Bertz CT molecular complexity index is 1780. The number of hydrogen-bond acceptors (Lipinski definition) is 9. The summed E-state index contributed by atoms with van der Waals surface area (Å²) in [5.74, 6) is 1.57. The number of carbonyl (C=O) groups is 1. The van der Waals surface area contributed by atoms with E-state index >= 15 is 0 Å². The highest BCUT2D eigenvalue weighted by molar-refractivity contribution is 7.23. The minimum atomic E-state index is -0.129. The first-order chi connectivity index (χ1) is 20.6. The number of ether oxygens (including phenoxy) is 1. The molecular formula is C33H38N6O3S. The molecule has 1 spiro atoms. The third-order valence-electron chi connectivity index (χ3n) is 8.69. The molecule has 224 valence electrons. The Balaban J connectivity index is 0.971. The van der Waals surface area contributed by atoms with Crippen LogP contribution in [-0.4, -0.2) is 80.5 Å². The Kier molecular flexibility index (Phi) is 7.10. The first kappa shape index (κ1) is 28.2. The first-order valence-electron chi connectivity index (χ1n) is 15.1. The van der Waals surface area contributed by atoms with Crippen molar-refractivity contribution in [3.63, 3.8) is 0 Å². The quantitative estimate of drug-likeness (QED) is 0.223. The van der Waals surface area contributed by atoms with Gasteiger partial charge in [0.2, 0.25) is 5.88 Å². The fraction of sp³-hybridized carbons (Fsp3) is 0.455. The molecule has 43 heavy (non-hydrogen) atoms. The van der Waals surface area contributed by atoms with Crippen LogP contribution < -0.4 is 4.74 Å². The normalized spacial score (nSPS) is 17.3. The molecule has 10 heteroatoms. The molecule has 1 saturated heterocycles. The van der Waals surface area contributed by atoms with Crippen molar-refractivity contribution >= 4 is 32.4 Å². The summed E-state index contributed by atoms with van der Waals surface area (Å²) in [4.78, 5) is 29.2. The molecule has 0 atom stereocenters. The van der Waals surface area contributed by atoms with E-state index in [1.54, 1.807) is 11.3 Å². The lowest BCUT2D eigenvalue weighted by atomic mass is 9.93. The Morgan fingerprint density at radius 3 is 2.63 bits per heavy atom. The van der Waals surface area contributed by atoms with Crippen molar-refractivity contribution in [1.29, 1.82) is 0 Å². The highest BCUT2D eigenvalue weighted by atomic mass is 32.1. The molecule has 5 heterocycles. The minimum Gasteiger partial charge on any atom is -0.476 e. The minimum absolute atomic E-state index is 0.109. The van der Waals surface area contributed by atoms with Crippen molar-refractivity contribution in [3.05, 3.63) is 65.7 Å². The Hall–Kier alpha value is -3.60. The average molecular weight is 599 g/mol. The van der Waals surface area contributed by atoms with Gasteiger partial charge in [0, 0.05) is 67.4 Å². The van der Waals surface area contributed by atoms with E-state index in [1.165, 1.54) is 19.4 Å². The van der Waals surface area contributed by atoms with Gasteiger partial charge in [0.25, 0.3) is 0 Å². The highest BCUT2D eigenvalue weighted by Crippen LogP contribution is 2.43. The van der Waals surface area contributed by atoms with Gasteiger partial charge in [-0.3, -0.25) is 14.1 Å². The third-order valence-corrected chi connectivity index (χ3v) is 9.65. The molecule has 1 aliphatic heterocycles. The van der Waals surface area contributed by atoms with Gasteiger partial charge in [-0.2, -0.15) is 0 Å². The third kappa shape index (κ3) is 5.83. The topological polar surface area (TPSA) is 89.0 Å². The van der Waals surface area contributed by atoms with E-state index in [9.17, 15) is 4.79 Å². The SMILES string of the molecule is CN1CCN(CCOc2ccc3c(n2)sc2nc(-c4ccc(CC(=O)Cc5cc(C(C)(C)C)on5)cc4)cn23)C2(CC2)C1. The zero-order valence-corrected chi connectivity index (χ0v) is 26.1. The van der Waals surface area contributed by atoms with E-state index in [-0.39, 0.29) is 17.6 Å². The standard InChI is InChI=1S/C33H38N6O3S/c1-32(2,3)28-19-24(36-42-28)18-25(40)17-22-5-7-23(8-6-22)26-20-39-27-9-10-29(35-30(27)43-31(39)34-26)41-16-15-38-14-13-37(4)21-33(38)11-12-33/h5-10,19-20H,11-18,21H2,1-4H3. The predicted octanol–water partition coefficient (Wildman–Crippen LogP) is 5.41. The fourth-order valence-electron chi connectivity index (χ4n) is 6.06. The molecule has 1 saturated carbocycles. The summed E-state index contributed by atoms with van der Waals surface area (Å²) in [6, 6.07) is 14.0. The number of Topliss-reactive ketones (excluding diaryl/α,β-unsaturated/α-hetero) is 1. The lowest BCUT2D eigenvalue weighted by molar-refractivity contribution is -0.117. The molecule has 0 radical (unpaired) electrons. The number of rotatable bonds is 9. The number of hydrogen-bond donors (Lipinski definition) is 0. The van der Waals surface area contributed by atoms with Crippen LogP contribution >= 0.6 is 11.3 Å².